The van der Waals surface area contributed by atoms with Gasteiger partial charge in [0.25, 0.3) is 0 Å². The van der Waals surface area contributed by atoms with Crippen LogP contribution in [-0.2, 0) is 16.6 Å². The van der Waals surface area contributed by atoms with Crippen LogP contribution >= 0.6 is 11.3 Å². The van der Waals surface area contributed by atoms with Crippen molar-refractivity contribution in [3.63, 3.8) is 0 Å². The summed E-state index contributed by atoms with van der Waals surface area (Å²) in [7, 11) is 0. The first-order valence-corrected chi connectivity index (χ1v) is 11.5. The molecule has 5 aromatic rings. The first-order valence-electron chi connectivity index (χ1n) is 10.7. The van der Waals surface area contributed by atoms with Crippen LogP contribution in [0.25, 0.3) is 21.3 Å². The lowest BCUT2D eigenvalue weighted by Crippen LogP contribution is -2.45. The fourth-order valence-corrected chi connectivity index (χ4v) is 5.14. The monoisotopic (exact) mass is 440 g/mol. The molecule has 0 aliphatic rings. The lowest BCUT2D eigenvalue weighted by molar-refractivity contribution is -0.127. The first kappa shape index (κ1) is 20.4. The Kier molecular flexibility index (Phi) is 5.23. The zero-order valence-electron chi connectivity index (χ0n) is 18.0. The highest BCUT2D eigenvalue weighted by Gasteiger charge is 2.37. The second-order valence-corrected chi connectivity index (χ2v) is 9.40. The molecule has 0 aliphatic heterocycles. The molecule has 0 saturated carbocycles. The van der Waals surface area contributed by atoms with Gasteiger partial charge in [-0.25, -0.2) is 9.97 Å². The number of aromatic nitrogens is 3. The number of amides is 1. The summed E-state index contributed by atoms with van der Waals surface area (Å²) in [5, 5.41) is 4.14. The number of aromatic amines is 1. The summed E-state index contributed by atoms with van der Waals surface area (Å²) in [4.78, 5) is 26.5. The minimum absolute atomic E-state index is 0.0455. The Labute approximate surface area is 190 Å². The second kappa shape index (κ2) is 8.20. The third-order valence-electron chi connectivity index (χ3n) is 5.92. The summed E-state index contributed by atoms with van der Waals surface area (Å²) < 4.78 is 1.13. The fourth-order valence-electron chi connectivity index (χ4n) is 4.02. The molecule has 2 heterocycles. The molecular formula is C26H24N4OS. The maximum Gasteiger partial charge on any atom is 0.231 e. The van der Waals surface area contributed by atoms with Crippen LogP contribution in [0.15, 0.2) is 78.9 Å². The highest BCUT2D eigenvalue weighted by atomic mass is 32.1. The molecule has 2 aromatic heterocycles. The van der Waals surface area contributed by atoms with E-state index in [0.29, 0.717) is 6.42 Å². The maximum atomic E-state index is 13.7. The van der Waals surface area contributed by atoms with E-state index in [0.717, 1.165) is 37.6 Å². The number of imidazole rings is 1. The summed E-state index contributed by atoms with van der Waals surface area (Å²) >= 11 is 1.64. The minimum atomic E-state index is -0.768. The van der Waals surface area contributed by atoms with Gasteiger partial charge in [0.05, 0.1) is 37.7 Å². The van der Waals surface area contributed by atoms with Gasteiger partial charge in [0, 0.05) is 6.42 Å². The second-order valence-electron chi connectivity index (χ2n) is 8.28. The standard InChI is InChI=1S/C26H24N4OS/c1-17(24-29-19-12-6-7-13-20(19)30-24)27-25(31)26(2,18-10-4-3-5-11-18)16-23-28-21-14-8-9-15-22(21)32-23/h3-15,17H,16H2,1-2H3,(H,27,31)(H,29,30)/t17-,26?/m0/s1. The van der Waals surface area contributed by atoms with E-state index in [2.05, 4.69) is 21.4 Å². The van der Waals surface area contributed by atoms with Crippen LogP contribution in [0.1, 0.15) is 36.3 Å². The average Bonchev–Trinajstić information content (AvgIpc) is 3.43. The Morgan fingerprint density at radius 3 is 2.41 bits per heavy atom. The van der Waals surface area contributed by atoms with E-state index in [1.807, 2.05) is 86.6 Å². The molecule has 0 aliphatic carbocycles. The molecule has 6 heteroatoms. The highest BCUT2D eigenvalue weighted by Crippen LogP contribution is 2.33. The molecule has 0 spiro atoms. The van der Waals surface area contributed by atoms with Crippen molar-refractivity contribution in [2.45, 2.75) is 31.7 Å². The van der Waals surface area contributed by atoms with Crippen molar-refractivity contribution in [3.05, 3.63) is 95.3 Å². The smallest absolute Gasteiger partial charge is 0.231 e. The number of hydrogen-bond acceptors (Lipinski definition) is 4. The van der Waals surface area contributed by atoms with Crippen LogP contribution in [0.4, 0.5) is 0 Å². The number of rotatable bonds is 6. The molecule has 1 amide bonds. The van der Waals surface area contributed by atoms with Crippen molar-refractivity contribution in [1.82, 2.24) is 20.3 Å². The van der Waals surface area contributed by atoms with Crippen LogP contribution in [0, 0.1) is 0 Å². The number of thiazole rings is 1. The number of nitrogens with zero attached hydrogens (tertiary/aromatic N) is 2. The Hall–Kier alpha value is -3.51. The van der Waals surface area contributed by atoms with Gasteiger partial charge in [-0.15, -0.1) is 11.3 Å². The van der Waals surface area contributed by atoms with Crippen molar-refractivity contribution in [2.75, 3.05) is 0 Å². The van der Waals surface area contributed by atoms with Gasteiger partial charge in [-0.2, -0.15) is 0 Å². The number of carbonyl (C=O) groups is 1. The van der Waals surface area contributed by atoms with Gasteiger partial charge in [0.15, 0.2) is 0 Å². The van der Waals surface area contributed by atoms with Crippen LogP contribution in [0.2, 0.25) is 0 Å². The number of nitrogens with one attached hydrogen (secondary N) is 2. The van der Waals surface area contributed by atoms with Gasteiger partial charge < -0.3 is 10.3 Å². The van der Waals surface area contributed by atoms with E-state index in [1.165, 1.54) is 0 Å². The van der Waals surface area contributed by atoms with Crippen LogP contribution in [0.5, 0.6) is 0 Å². The fraction of sp³-hybridized carbons (Fsp3) is 0.192. The number of H-pyrrole nitrogens is 1. The topological polar surface area (TPSA) is 70.7 Å². The largest absolute Gasteiger partial charge is 0.346 e. The Balaban J connectivity index is 1.46. The normalized spacial score (nSPS) is 14.3. The van der Waals surface area contributed by atoms with Crippen LogP contribution in [0.3, 0.4) is 0 Å². The molecule has 0 radical (unpaired) electrons. The summed E-state index contributed by atoms with van der Waals surface area (Å²) in [5.74, 6) is 0.700. The van der Waals surface area contributed by atoms with Gasteiger partial charge in [0.2, 0.25) is 5.91 Å². The minimum Gasteiger partial charge on any atom is -0.346 e. The number of para-hydroxylation sites is 3. The first-order chi connectivity index (χ1) is 15.5. The molecule has 0 saturated heterocycles. The Morgan fingerprint density at radius 1 is 0.969 bits per heavy atom. The third-order valence-corrected chi connectivity index (χ3v) is 6.96. The summed E-state index contributed by atoms with van der Waals surface area (Å²) in [6.07, 6.45) is 0.523. The summed E-state index contributed by atoms with van der Waals surface area (Å²) in [6, 6.07) is 25.7. The summed E-state index contributed by atoms with van der Waals surface area (Å²) in [5.41, 5.74) is 3.02. The van der Waals surface area contributed by atoms with Crippen LogP contribution in [-0.4, -0.2) is 20.9 Å². The van der Waals surface area contributed by atoms with Crippen LogP contribution < -0.4 is 5.32 Å². The highest BCUT2D eigenvalue weighted by molar-refractivity contribution is 7.18. The third kappa shape index (κ3) is 3.78. The Morgan fingerprint density at radius 2 is 1.66 bits per heavy atom. The summed E-state index contributed by atoms with van der Waals surface area (Å²) in [6.45, 7) is 3.95. The van der Waals surface area contributed by atoms with Crippen molar-refractivity contribution < 1.29 is 4.79 Å². The molecule has 1 unspecified atom stereocenters. The lowest BCUT2D eigenvalue weighted by Gasteiger charge is -2.29. The molecule has 0 bridgehead atoms. The number of benzene rings is 3. The van der Waals surface area contributed by atoms with E-state index in [4.69, 9.17) is 4.98 Å². The maximum absolute atomic E-state index is 13.7. The predicted molar refractivity (Wildman–Crippen MR) is 130 cm³/mol. The number of carbonyl (C=O) groups excluding carboxylic acids is 1. The molecule has 0 fully saturated rings. The van der Waals surface area contributed by atoms with Gasteiger partial charge in [-0.1, -0.05) is 54.6 Å². The van der Waals surface area contributed by atoms with E-state index in [9.17, 15) is 4.79 Å². The van der Waals surface area contributed by atoms with Crippen molar-refractivity contribution in [2.24, 2.45) is 0 Å². The molecule has 160 valence electrons. The van der Waals surface area contributed by atoms with E-state index >= 15 is 0 Å². The molecule has 32 heavy (non-hydrogen) atoms. The molecule has 3 aromatic carbocycles. The quantitative estimate of drug-likeness (QED) is 0.364. The van der Waals surface area contributed by atoms with Gasteiger partial charge in [-0.05, 0) is 43.7 Å². The molecule has 2 N–H and O–H groups in total. The van der Waals surface area contributed by atoms with Crippen molar-refractivity contribution >= 4 is 38.5 Å². The van der Waals surface area contributed by atoms with E-state index in [-0.39, 0.29) is 11.9 Å². The van der Waals surface area contributed by atoms with Gasteiger partial charge in [0.1, 0.15) is 5.82 Å². The van der Waals surface area contributed by atoms with Crippen molar-refractivity contribution in [3.8, 4) is 0 Å². The van der Waals surface area contributed by atoms with Gasteiger partial charge >= 0.3 is 0 Å². The molecule has 5 nitrogen and oxygen atoms in total. The number of hydrogen-bond donors (Lipinski definition) is 2. The predicted octanol–water partition coefficient (Wildman–Crippen LogP) is 5.55. The SMILES string of the molecule is C[C@H](NC(=O)C(C)(Cc1nc2ccccc2s1)c1ccccc1)c1nc2ccccc2[nH]1. The average molecular weight is 441 g/mol. The molecule has 2 atom stereocenters. The van der Waals surface area contributed by atoms with Gasteiger partial charge in [-0.3, -0.25) is 4.79 Å². The zero-order valence-corrected chi connectivity index (χ0v) is 18.8. The zero-order chi connectivity index (χ0) is 22.1. The molecule has 5 rings (SSSR count). The lowest BCUT2D eigenvalue weighted by atomic mass is 9.78. The molecular weight excluding hydrogens is 416 g/mol. The number of fused-ring (bicyclic) bond motifs is 2. The van der Waals surface area contributed by atoms with E-state index < -0.39 is 5.41 Å². The van der Waals surface area contributed by atoms with Crippen molar-refractivity contribution in [1.29, 1.82) is 0 Å². The Bertz CT molecular complexity index is 1320. The van der Waals surface area contributed by atoms with E-state index in [1.54, 1.807) is 11.3 Å².